The van der Waals surface area contributed by atoms with E-state index in [1.54, 1.807) is 35.3 Å². The lowest BCUT2D eigenvalue weighted by molar-refractivity contribution is -0.122. The number of thioether (sulfide) groups is 3. The van der Waals surface area contributed by atoms with E-state index in [1.807, 2.05) is 0 Å². The molecule has 0 aliphatic carbocycles. The van der Waals surface area contributed by atoms with Gasteiger partial charge in [0.15, 0.2) is 0 Å². The van der Waals surface area contributed by atoms with Gasteiger partial charge in [-0.05, 0) is 39.2 Å². The van der Waals surface area contributed by atoms with Gasteiger partial charge in [0, 0.05) is 96.7 Å². The summed E-state index contributed by atoms with van der Waals surface area (Å²) in [6.45, 7) is 9.86. The molecular weight excluding hydrogens is 863 g/mol. The third-order valence-electron chi connectivity index (χ3n) is 10.9. The second-order valence-electron chi connectivity index (χ2n) is 15.7. The Balaban J connectivity index is 0.000000244. The summed E-state index contributed by atoms with van der Waals surface area (Å²) in [5, 5.41) is 32.6. The lowest BCUT2D eigenvalue weighted by Gasteiger charge is -2.16. The van der Waals surface area contributed by atoms with Crippen LogP contribution in [0.25, 0.3) is 0 Å². The number of thiol groups is 1. The van der Waals surface area contributed by atoms with Crippen LogP contribution in [-0.2, 0) is 19.2 Å². The molecule has 6 aliphatic rings. The minimum Gasteiger partial charge on any atom is -0.356 e. The minimum atomic E-state index is -0.145. The van der Waals surface area contributed by atoms with Crippen molar-refractivity contribution in [2.45, 2.75) is 144 Å². The van der Waals surface area contributed by atoms with Crippen LogP contribution in [0.4, 0.5) is 14.4 Å². The highest BCUT2D eigenvalue weighted by Gasteiger charge is 2.45. The Morgan fingerprint density at radius 2 is 0.984 bits per heavy atom. The van der Waals surface area contributed by atoms with Crippen molar-refractivity contribution < 1.29 is 33.6 Å². The summed E-state index contributed by atoms with van der Waals surface area (Å²) < 4.78 is 0. The number of amides is 10. The van der Waals surface area contributed by atoms with Crippen LogP contribution < -0.4 is 58.5 Å². The first-order valence-electron chi connectivity index (χ1n) is 21.4. The molecule has 10 atom stereocenters. The fourth-order valence-corrected chi connectivity index (χ4v) is 12.0. The third-order valence-corrected chi connectivity index (χ3v) is 15.5. The number of carbonyl (C=O) groups excluding carboxylic acids is 7. The van der Waals surface area contributed by atoms with Crippen LogP contribution in [0, 0.1) is 0 Å². The van der Waals surface area contributed by atoms with Crippen LogP contribution in [0.5, 0.6) is 0 Å². The molecular formula is C39H71N11O7S4. The number of unbranched alkanes of at least 4 members (excludes halogenated alkanes) is 1. The van der Waals surface area contributed by atoms with E-state index >= 15 is 0 Å². The first kappa shape index (κ1) is 52.4. The maximum Gasteiger partial charge on any atom is 0.315 e. The molecule has 18 nitrogen and oxygen atoms in total. The number of urea groups is 3. The largest absolute Gasteiger partial charge is 0.356 e. The molecule has 11 N–H and O–H groups in total. The number of hydrogen-bond acceptors (Lipinski definition) is 12. The molecule has 22 heteroatoms. The van der Waals surface area contributed by atoms with Gasteiger partial charge in [-0.25, -0.2) is 14.4 Å². The van der Waals surface area contributed by atoms with Crippen molar-refractivity contribution in [3.8, 4) is 0 Å². The first-order valence-corrected chi connectivity index (χ1v) is 25.1. The van der Waals surface area contributed by atoms with E-state index < -0.39 is 0 Å². The van der Waals surface area contributed by atoms with Crippen molar-refractivity contribution in [3.05, 3.63) is 0 Å². The topological polar surface area (TPSA) is 252 Å². The number of carbonyl (C=O) groups is 7. The van der Waals surface area contributed by atoms with Crippen LogP contribution in [0.2, 0.25) is 0 Å². The average molecular weight is 934 g/mol. The van der Waals surface area contributed by atoms with Crippen LogP contribution in [0.3, 0.4) is 0 Å². The molecule has 6 heterocycles. The van der Waals surface area contributed by atoms with Crippen molar-refractivity contribution in [2.24, 2.45) is 0 Å². The highest BCUT2D eigenvalue weighted by molar-refractivity contribution is 8.00. The smallest absolute Gasteiger partial charge is 0.315 e. The van der Waals surface area contributed by atoms with Crippen LogP contribution >= 0.6 is 47.9 Å². The predicted octanol–water partition coefficient (Wildman–Crippen LogP) is 1.01. The summed E-state index contributed by atoms with van der Waals surface area (Å²) >= 11 is 9.25. The van der Waals surface area contributed by atoms with Crippen molar-refractivity contribution in [2.75, 3.05) is 55.7 Å². The van der Waals surface area contributed by atoms with E-state index in [0.717, 1.165) is 56.0 Å². The molecule has 0 aromatic heterocycles. The number of nitrogens with one attached hydrogen (secondary N) is 11. The Labute approximate surface area is 379 Å². The number of hydrogen-bond donors (Lipinski definition) is 12. The van der Waals surface area contributed by atoms with Gasteiger partial charge in [-0.3, -0.25) is 19.2 Å². The van der Waals surface area contributed by atoms with Crippen molar-refractivity contribution in [1.82, 2.24) is 58.5 Å². The van der Waals surface area contributed by atoms with E-state index in [1.165, 1.54) is 0 Å². The summed E-state index contributed by atoms with van der Waals surface area (Å²) in [5.74, 6) is 3.38. The SMILES string of the molecule is C.CCC(C)NCCCNC(=O)CC1SC[C@H]2NC(=O)N[C@@H]12.CCCCNC(=O)CC1SC[C@H]2NC(=O)N[C@@H]12.O=C(CCCNC(=O)CC1SC[C@H]2NC(=O)N[C@@H]12)NCCS. The summed E-state index contributed by atoms with van der Waals surface area (Å²) in [4.78, 5) is 80.6. The molecule has 0 radical (unpaired) electrons. The standard InChI is InChI=1S/C14H26N4O2S.C13H22N4O3S2.C11H19N3O2S.CH4/c1-3-9(2)15-5-4-6-16-12(19)7-11-13-10(8-21-11)17-14(20)18-13;18-10(15-4-5-21)2-1-3-14-11(19)6-9-12-8(7-22-9)16-13(20)17-12;1-2-3-4-12-9(15)5-8-10-7(6-17-8)13-11(16)14-10;/h9-11,13,15H,3-8H2,1-2H3,(H,16,19)(H2,17,18,20);8-9,12,21H,1-7H2,(H,14,19)(H,15,18)(H2,16,17,20);7-8,10H,2-6H2,1H3,(H,12,15)(H2,13,14,16);1H4/t9?,10-,11?,13-;8-,9?,12-;7-,8?,10-;/m111./s1. The quantitative estimate of drug-likeness (QED) is 0.0440. The predicted molar refractivity (Wildman–Crippen MR) is 249 cm³/mol. The van der Waals surface area contributed by atoms with Crippen LogP contribution in [-0.4, -0.2) is 155 Å². The molecule has 6 aliphatic heterocycles. The molecule has 4 unspecified atom stereocenters. The Morgan fingerprint density at radius 1 is 0.590 bits per heavy atom. The van der Waals surface area contributed by atoms with Gasteiger partial charge < -0.3 is 58.5 Å². The van der Waals surface area contributed by atoms with E-state index in [9.17, 15) is 33.6 Å². The summed E-state index contributed by atoms with van der Waals surface area (Å²) in [7, 11) is 0. The molecule has 0 aromatic carbocycles. The van der Waals surface area contributed by atoms with E-state index in [0.29, 0.717) is 63.5 Å². The average Bonchev–Trinajstić information content (AvgIpc) is 4.07. The second-order valence-corrected chi connectivity index (χ2v) is 19.9. The zero-order valence-corrected chi connectivity index (χ0v) is 38.4. The van der Waals surface area contributed by atoms with Gasteiger partial charge in [0.25, 0.3) is 0 Å². The monoisotopic (exact) mass is 933 g/mol. The Hall–Kier alpha value is -2.95. The van der Waals surface area contributed by atoms with Gasteiger partial charge in [0.2, 0.25) is 23.6 Å². The summed E-state index contributed by atoms with van der Waals surface area (Å²) in [5.41, 5.74) is 0. The fraction of sp³-hybridized carbons (Fsp3) is 0.821. The van der Waals surface area contributed by atoms with E-state index in [2.05, 4.69) is 91.9 Å². The van der Waals surface area contributed by atoms with Gasteiger partial charge in [0.1, 0.15) is 0 Å². The molecule has 0 bridgehead atoms. The lowest BCUT2D eigenvalue weighted by atomic mass is 10.1. The van der Waals surface area contributed by atoms with Gasteiger partial charge >= 0.3 is 18.1 Å². The van der Waals surface area contributed by atoms with Gasteiger partial charge in [-0.15, -0.1) is 0 Å². The van der Waals surface area contributed by atoms with E-state index in [4.69, 9.17) is 0 Å². The summed E-state index contributed by atoms with van der Waals surface area (Å²) in [6, 6.07) is 0.939. The molecule has 6 rings (SSSR count). The van der Waals surface area contributed by atoms with Gasteiger partial charge in [-0.1, -0.05) is 27.7 Å². The maximum absolute atomic E-state index is 11.9. The second kappa shape index (κ2) is 28.0. The first-order chi connectivity index (χ1) is 28.9. The van der Waals surface area contributed by atoms with Crippen LogP contribution in [0.1, 0.15) is 86.0 Å². The van der Waals surface area contributed by atoms with Crippen LogP contribution in [0.15, 0.2) is 0 Å². The third kappa shape index (κ3) is 18.0. The molecule has 0 spiro atoms. The van der Waals surface area contributed by atoms with Crippen molar-refractivity contribution in [1.29, 1.82) is 0 Å². The Kier molecular flexibility index (Phi) is 24.0. The van der Waals surface area contributed by atoms with Crippen molar-refractivity contribution in [3.63, 3.8) is 0 Å². The highest BCUT2D eigenvalue weighted by Crippen LogP contribution is 2.33. The van der Waals surface area contributed by atoms with Gasteiger partial charge in [0.05, 0.1) is 36.3 Å². The molecule has 10 amide bonds. The number of rotatable bonds is 21. The Morgan fingerprint density at radius 3 is 1.38 bits per heavy atom. The fourth-order valence-electron chi connectivity index (χ4n) is 7.44. The maximum atomic E-state index is 11.9. The molecule has 6 fully saturated rings. The lowest BCUT2D eigenvalue weighted by Crippen LogP contribution is -2.40. The van der Waals surface area contributed by atoms with Crippen molar-refractivity contribution >= 4 is 89.6 Å². The number of fused-ring (bicyclic) bond motifs is 3. The Bertz CT molecular complexity index is 1460. The molecule has 0 aromatic rings. The zero-order chi connectivity index (χ0) is 43.4. The minimum absolute atomic E-state index is 0. The molecule has 6 saturated heterocycles. The molecule has 61 heavy (non-hydrogen) atoms. The molecule has 348 valence electrons. The normalized spacial score (nSPS) is 27.8. The molecule has 0 saturated carbocycles. The van der Waals surface area contributed by atoms with Gasteiger partial charge in [-0.2, -0.15) is 47.9 Å². The summed E-state index contributed by atoms with van der Waals surface area (Å²) in [6.07, 6.45) is 6.55. The zero-order valence-electron chi connectivity index (χ0n) is 35.0. The highest BCUT2D eigenvalue weighted by atomic mass is 32.2. The van der Waals surface area contributed by atoms with E-state index in [-0.39, 0.29) is 101 Å².